The van der Waals surface area contributed by atoms with Crippen LogP contribution in [0.2, 0.25) is 0 Å². The molecule has 2 aromatic heterocycles. The first kappa shape index (κ1) is 10.5. The van der Waals surface area contributed by atoms with Crippen molar-refractivity contribution in [2.24, 2.45) is 0 Å². The maximum atomic E-state index is 11.6. The number of nitrogens with zero attached hydrogens (tertiary/aromatic N) is 1. The standard InChI is InChI=1S/C11H12N2O3/c1-2-5-13-8(9-4-3-6-16-9)7-10(14)12-11(13)15/h3-4,6-7H,2,5H2,1H3,(H,12,14,15). The summed E-state index contributed by atoms with van der Waals surface area (Å²) >= 11 is 0. The second kappa shape index (κ2) is 4.22. The minimum Gasteiger partial charge on any atom is -0.463 e. The molecule has 5 heteroatoms. The molecular weight excluding hydrogens is 208 g/mol. The third-order valence-electron chi connectivity index (χ3n) is 2.25. The van der Waals surface area contributed by atoms with Gasteiger partial charge in [0, 0.05) is 12.6 Å². The number of nitrogens with one attached hydrogen (secondary N) is 1. The van der Waals surface area contributed by atoms with Crippen LogP contribution in [0.1, 0.15) is 13.3 Å². The number of hydrogen-bond donors (Lipinski definition) is 1. The van der Waals surface area contributed by atoms with Gasteiger partial charge in [-0.3, -0.25) is 14.3 Å². The van der Waals surface area contributed by atoms with Crippen molar-refractivity contribution in [3.63, 3.8) is 0 Å². The lowest BCUT2D eigenvalue weighted by Crippen LogP contribution is -2.30. The number of aromatic nitrogens is 2. The van der Waals surface area contributed by atoms with Gasteiger partial charge in [0.15, 0.2) is 5.76 Å². The summed E-state index contributed by atoms with van der Waals surface area (Å²) in [4.78, 5) is 25.1. The molecule has 2 aromatic rings. The van der Waals surface area contributed by atoms with Crippen molar-refractivity contribution in [2.45, 2.75) is 19.9 Å². The Labute approximate surface area is 91.3 Å². The predicted octanol–water partition coefficient (Wildman–Crippen LogP) is 1.21. The van der Waals surface area contributed by atoms with E-state index < -0.39 is 11.2 Å². The van der Waals surface area contributed by atoms with E-state index in [-0.39, 0.29) is 0 Å². The van der Waals surface area contributed by atoms with Crippen LogP contribution in [-0.2, 0) is 6.54 Å². The van der Waals surface area contributed by atoms with E-state index in [1.54, 1.807) is 12.1 Å². The Morgan fingerprint density at radius 3 is 2.88 bits per heavy atom. The van der Waals surface area contributed by atoms with Gasteiger partial charge in [0.05, 0.1) is 12.0 Å². The predicted molar refractivity (Wildman–Crippen MR) is 59.3 cm³/mol. The molecule has 0 spiro atoms. The third-order valence-corrected chi connectivity index (χ3v) is 2.25. The van der Waals surface area contributed by atoms with Gasteiger partial charge < -0.3 is 4.42 Å². The summed E-state index contributed by atoms with van der Waals surface area (Å²) in [7, 11) is 0. The van der Waals surface area contributed by atoms with Crippen LogP contribution in [0.5, 0.6) is 0 Å². The molecule has 0 amide bonds. The molecule has 0 atom stereocenters. The van der Waals surface area contributed by atoms with Crippen LogP contribution >= 0.6 is 0 Å². The maximum absolute atomic E-state index is 11.6. The summed E-state index contributed by atoms with van der Waals surface area (Å²) < 4.78 is 6.70. The van der Waals surface area contributed by atoms with Crippen LogP contribution in [0.4, 0.5) is 0 Å². The highest BCUT2D eigenvalue weighted by Gasteiger charge is 2.09. The van der Waals surface area contributed by atoms with Gasteiger partial charge in [-0.25, -0.2) is 4.79 Å². The van der Waals surface area contributed by atoms with Crippen molar-refractivity contribution < 1.29 is 4.42 Å². The van der Waals surface area contributed by atoms with Gasteiger partial charge in [0.25, 0.3) is 5.56 Å². The zero-order valence-electron chi connectivity index (χ0n) is 8.90. The second-order valence-corrected chi connectivity index (χ2v) is 3.45. The first-order chi connectivity index (χ1) is 7.72. The smallest absolute Gasteiger partial charge is 0.328 e. The number of H-pyrrole nitrogens is 1. The third kappa shape index (κ3) is 1.84. The summed E-state index contributed by atoms with van der Waals surface area (Å²) in [5.74, 6) is 0.525. The molecule has 0 saturated carbocycles. The van der Waals surface area contributed by atoms with Gasteiger partial charge in [-0.05, 0) is 18.6 Å². The summed E-state index contributed by atoms with van der Waals surface area (Å²) in [5.41, 5.74) is -0.301. The minimum atomic E-state index is -0.413. The highest BCUT2D eigenvalue weighted by atomic mass is 16.3. The molecule has 0 bridgehead atoms. The first-order valence-corrected chi connectivity index (χ1v) is 5.10. The highest BCUT2D eigenvalue weighted by Crippen LogP contribution is 2.16. The van der Waals surface area contributed by atoms with Gasteiger partial charge in [-0.15, -0.1) is 0 Å². The molecule has 0 aliphatic carbocycles. The fraction of sp³-hybridized carbons (Fsp3) is 0.273. The molecule has 0 radical (unpaired) electrons. The molecule has 0 saturated heterocycles. The van der Waals surface area contributed by atoms with Gasteiger partial charge in [0.2, 0.25) is 0 Å². The van der Waals surface area contributed by atoms with Gasteiger partial charge in [-0.2, -0.15) is 0 Å². The fourth-order valence-corrected chi connectivity index (χ4v) is 1.59. The largest absolute Gasteiger partial charge is 0.463 e. The van der Waals surface area contributed by atoms with E-state index in [0.29, 0.717) is 18.0 Å². The van der Waals surface area contributed by atoms with E-state index in [1.165, 1.54) is 16.9 Å². The summed E-state index contributed by atoms with van der Waals surface area (Å²) in [6.45, 7) is 2.51. The Balaban J connectivity index is 2.67. The van der Waals surface area contributed by atoms with Gasteiger partial charge >= 0.3 is 5.69 Å². The molecule has 1 N–H and O–H groups in total. The molecule has 2 rings (SSSR count). The van der Waals surface area contributed by atoms with Crippen LogP contribution in [0.15, 0.2) is 38.5 Å². The Kier molecular flexibility index (Phi) is 2.76. The lowest BCUT2D eigenvalue weighted by Gasteiger charge is -2.08. The quantitative estimate of drug-likeness (QED) is 0.845. The molecule has 0 aliphatic heterocycles. The van der Waals surface area contributed by atoms with E-state index in [0.717, 1.165) is 6.42 Å². The Morgan fingerprint density at radius 2 is 2.25 bits per heavy atom. The van der Waals surface area contributed by atoms with Gasteiger partial charge in [0.1, 0.15) is 0 Å². The van der Waals surface area contributed by atoms with E-state index >= 15 is 0 Å². The molecule has 5 nitrogen and oxygen atoms in total. The molecular formula is C11H12N2O3. The number of rotatable bonds is 3. The molecule has 0 aromatic carbocycles. The van der Waals surface area contributed by atoms with E-state index in [4.69, 9.17) is 4.42 Å². The Hall–Kier alpha value is -2.04. The van der Waals surface area contributed by atoms with Crippen molar-refractivity contribution >= 4 is 0 Å². The van der Waals surface area contributed by atoms with Crippen molar-refractivity contribution in [1.29, 1.82) is 0 Å². The van der Waals surface area contributed by atoms with Crippen molar-refractivity contribution in [1.82, 2.24) is 9.55 Å². The van der Waals surface area contributed by atoms with Crippen molar-refractivity contribution in [3.05, 3.63) is 45.3 Å². The number of hydrogen-bond acceptors (Lipinski definition) is 3. The lowest BCUT2D eigenvalue weighted by atomic mass is 10.3. The minimum absolute atomic E-state index is 0.402. The molecule has 0 fully saturated rings. The van der Waals surface area contributed by atoms with Crippen LogP contribution in [-0.4, -0.2) is 9.55 Å². The van der Waals surface area contributed by atoms with E-state index in [9.17, 15) is 9.59 Å². The Bertz CT molecular complexity index is 578. The van der Waals surface area contributed by atoms with E-state index in [2.05, 4.69) is 4.98 Å². The monoisotopic (exact) mass is 220 g/mol. The summed E-state index contributed by atoms with van der Waals surface area (Å²) in [6, 6.07) is 4.81. The SMILES string of the molecule is CCCn1c(-c2ccco2)cc(=O)[nH]c1=O. The average molecular weight is 220 g/mol. The topological polar surface area (TPSA) is 68.0 Å². The molecule has 0 aliphatic rings. The highest BCUT2D eigenvalue weighted by molar-refractivity contribution is 5.51. The lowest BCUT2D eigenvalue weighted by molar-refractivity contribution is 0.561. The van der Waals surface area contributed by atoms with Crippen molar-refractivity contribution in [3.8, 4) is 11.5 Å². The summed E-state index contributed by atoms with van der Waals surface area (Å²) in [5, 5.41) is 0. The summed E-state index contributed by atoms with van der Waals surface area (Å²) in [6.07, 6.45) is 2.32. The van der Waals surface area contributed by atoms with Gasteiger partial charge in [-0.1, -0.05) is 6.92 Å². The molecule has 2 heterocycles. The fourth-order valence-electron chi connectivity index (χ4n) is 1.59. The van der Waals surface area contributed by atoms with Crippen LogP contribution < -0.4 is 11.2 Å². The molecule has 16 heavy (non-hydrogen) atoms. The average Bonchev–Trinajstić information content (AvgIpc) is 2.75. The van der Waals surface area contributed by atoms with Crippen LogP contribution in [0.3, 0.4) is 0 Å². The zero-order chi connectivity index (χ0) is 11.5. The number of furan rings is 1. The van der Waals surface area contributed by atoms with Crippen LogP contribution in [0.25, 0.3) is 11.5 Å². The van der Waals surface area contributed by atoms with Crippen molar-refractivity contribution in [2.75, 3.05) is 0 Å². The van der Waals surface area contributed by atoms with Crippen LogP contribution in [0, 0.1) is 0 Å². The maximum Gasteiger partial charge on any atom is 0.328 e. The normalized spacial score (nSPS) is 10.6. The second-order valence-electron chi connectivity index (χ2n) is 3.45. The van der Waals surface area contributed by atoms with E-state index in [1.807, 2.05) is 6.92 Å². The first-order valence-electron chi connectivity index (χ1n) is 5.10. The molecule has 84 valence electrons. The zero-order valence-corrected chi connectivity index (χ0v) is 8.90. The number of aromatic amines is 1. The molecule has 0 unspecified atom stereocenters. The Morgan fingerprint density at radius 1 is 1.44 bits per heavy atom.